The van der Waals surface area contributed by atoms with Gasteiger partial charge >= 0.3 is 0 Å². The van der Waals surface area contributed by atoms with E-state index in [1.54, 1.807) is 6.20 Å². The molecule has 0 aromatic heterocycles. The zero-order chi connectivity index (χ0) is 4.41. The summed E-state index contributed by atoms with van der Waals surface area (Å²) in [4.78, 5) is 0. The van der Waals surface area contributed by atoms with Crippen LogP contribution in [0.1, 0.15) is 6.42 Å². The Morgan fingerprint density at radius 1 is 2.00 bits per heavy atom. The lowest BCUT2D eigenvalue weighted by Crippen LogP contribution is -1.88. The summed E-state index contributed by atoms with van der Waals surface area (Å²) >= 11 is 5.45. The van der Waals surface area contributed by atoms with E-state index in [2.05, 4.69) is 11.9 Å². The molecule has 0 aromatic carbocycles. The van der Waals surface area contributed by atoms with Gasteiger partial charge in [0.2, 0.25) is 0 Å². The van der Waals surface area contributed by atoms with Crippen molar-refractivity contribution in [1.82, 2.24) is 5.32 Å². The van der Waals surface area contributed by atoms with Gasteiger partial charge in [-0.3, -0.25) is 0 Å². The number of nitrogens with one attached hydrogen (secondary N) is 1. The van der Waals surface area contributed by atoms with Crippen LogP contribution in [0.15, 0.2) is 11.2 Å². The maximum Gasteiger partial charge on any atom is 0.0933 e. The molecule has 0 unspecified atom stereocenters. The van der Waals surface area contributed by atoms with Crippen LogP contribution in [0.3, 0.4) is 0 Å². The molecule has 2 heteroatoms. The van der Waals surface area contributed by atoms with Gasteiger partial charge in [0.25, 0.3) is 0 Å². The Morgan fingerprint density at radius 3 is 3.00 bits per heavy atom. The monoisotopic (exact) mass is 101 g/mol. The zero-order valence-corrected chi connectivity index (χ0v) is 3.92. The summed E-state index contributed by atoms with van der Waals surface area (Å²) in [5, 5.41) is 3.56. The highest BCUT2D eigenvalue weighted by molar-refractivity contribution is 6.29. The normalized spacial score (nSPS) is 19.8. The third-order valence-electron chi connectivity index (χ3n) is 0.588. The molecule has 1 aliphatic rings. The van der Waals surface area contributed by atoms with Crippen molar-refractivity contribution in [3.63, 3.8) is 0 Å². The van der Waals surface area contributed by atoms with Crippen molar-refractivity contribution in [2.24, 2.45) is 0 Å². The lowest BCUT2D eigenvalue weighted by atomic mass is 10.5. The Balaban J connectivity index is 2.45. The molecule has 0 bridgehead atoms. The molecule has 1 nitrogen and oxygen atoms in total. The smallest absolute Gasteiger partial charge is 0.0933 e. The Labute approximate surface area is 42.0 Å². The molecule has 1 N–H and O–H groups in total. The van der Waals surface area contributed by atoms with E-state index in [0.29, 0.717) is 0 Å². The first-order valence-electron chi connectivity index (χ1n) is 1.72. The molecule has 0 saturated carbocycles. The van der Waals surface area contributed by atoms with Gasteiger partial charge in [-0.1, -0.05) is 11.6 Å². The molecule has 1 rings (SSSR count). The van der Waals surface area contributed by atoms with Crippen molar-refractivity contribution in [1.29, 1.82) is 0 Å². The van der Waals surface area contributed by atoms with Gasteiger partial charge in [-0.05, 0) is 0 Å². The van der Waals surface area contributed by atoms with E-state index in [1.807, 2.05) is 0 Å². The van der Waals surface area contributed by atoms with Gasteiger partial charge in [0.15, 0.2) is 0 Å². The third-order valence-corrected chi connectivity index (χ3v) is 0.831. The van der Waals surface area contributed by atoms with Crippen LogP contribution in [0.4, 0.5) is 0 Å². The molecular formula is C4H4ClN. The highest BCUT2D eigenvalue weighted by Gasteiger charge is 1.97. The van der Waals surface area contributed by atoms with Crippen molar-refractivity contribution in [3.05, 3.63) is 17.8 Å². The Kier molecular flexibility index (Phi) is 1.01. The molecule has 0 fully saturated rings. The lowest BCUT2D eigenvalue weighted by molar-refractivity contribution is 1.06. The first-order valence-corrected chi connectivity index (χ1v) is 2.10. The Morgan fingerprint density at radius 2 is 2.83 bits per heavy atom. The molecule has 0 aromatic rings. The summed E-state index contributed by atoms with van der Waals surface area (Å²) in [6, 6.07) is 0. The Hall–Kier alpha value is -0.170. The van der Waals surface area contributed by atoms with Gasteiger partial charge in [0.1, 0.15) is 0 Å². The second-order valence-electron chi connectivity index (χ2n) is 1.09. The topological polar surface area (TPSA) is 12.0 Å². The van der Waals surface area contributed by atoms with Crippen LogP contribution in [-0.2, 0) is 0 Å². The largest absolute Gasteiger partial charge is 0.380 e. The van der Waals surface area contributed by atoms with Crippen LogP contribution in [0.2, 0.25) is 0 Å². The van der Waals surface area contributed by atoms with Crippen molar-refractivity contribution in [3.8, 4) is 0 Å². The van der Waals surface area contributed by atoms with Crippen LogP contribution in [0.5, 0.6) is 0 Å². The van der Waals surface area contributed by atoms with Gasteiger partial charge in [0, 0.05) is 17.7 Å². The van der Waals surface area contributed by atoms with Crippen LogP contribution >= 0.6 is 11.6 Å². The number of hydrogen-bond donors (Lipinski definition) is 1. The van der Waals surface area contributed by atoms with Gasteiger partial charge in [-0.25, -0.2) is 0 Å². The van der Waals surface area contributed by atoms with E-state index in [1.165, 1.54) is 0 Å². The van der Waals surface area contributed by atoms with Crippen molar-refractivity contribution < 1.29 is 0 Å². The molecular weight excluding hydrogens is 97.5 g/mol. The highest BCUT2D eigenvalue weighted by Crippen LogP contribution is 2.11. The molecule has 1 aliphatic heterocycles. The first-order chi connectivity index (χ1) is 2.89. The summed E-state index contributed by atoms with van der Waals surface area (Å²) in [6.45, 7) is 2.80. The molecule has 6 heavy (non-hydrogen) atoms. The molecule has 0 amide bonds. The fourth-order valence-electron chi connectivity index (χ4n) is 0.316. The minimum absolute atomic E-state index is 0.752. The average Bonchev–Trinajstić information content (AvgIpc) is 1.86. The molecule has 1 heterocycles. The molecule has 2 radical (unpaired) electrons. The van der Waals surface area contributed by atoms with E-state index in [0.717, 1.165) is 11.5 Å². The summed E-state index contributed by atoms with van der Waals surface area (Å²) in [5.41, 5.74) is 0. The van der Waals surface area contributed by atoms with Crippen LogP contribution in [0, 0.1) is 6.54 Å². The van der Waals surface area contributed by atoms with Crippen LogP contribution in [-0.4, -0.2) is 0 Å². The first kappa shape index (κ1) is 4.00. The minimum Gasteiger partial charge on any atom is -0.380 e. The second kappa shape index (κ2) is 1.52. The predicted molar refractivity (Wildman–Crippen MR) is 24.9 cm³/mol. The molecule has 0 spiro atoms. The van der Waals surface area contributed by atoms with Crippen LogP contribution < -0.4 is 5.32 Å². The third kappa shape index (κ3) is 0.658. The van der Waals surface area contributed by atoms with E-state index in [4.69, 9.17) is 11.6 Å². The molecule has 0 aliphatic carbocycles. The number of rotatable bonds is 0. The van der Waals surface area contributed by atoms with E-state index < -0.39 is 0 Å². The number of halogens is 1. The van der Waals surface area contributed by atoms with E-state index in [-0.39, 0.29) is 0 Å². The van der Waals surface area contributed by atoms with Crippen LogP contribution in [0.25, 0.3) is 0 Å². The molecule has 0 saturated heterocycles. The van der Waals surface area contributed by atoms with Crippen molar-refractivity contribution >= 4 is 11.6 Å². The number of hydrogen-bond acceptors (Lipinski definition) is 1. The van der Waals surface area contributed by atoms with Crippen molar-refractivity contribution in [2.45, 2.75) is 6.42 Å². The summed E-state index contributed by atoms with van der Waals surface area (Å²) < 4.78 is 0. The SMILES string of the molecule is ClC1=CN[C]C1. The lowest BCUT2D eigenvalue weighted by Gasteiger charge is -1.75. The summed E-state index contributed by atoms with van der Waals surface area (Å²) in [6.07, 6.45) is 2.48. The summed E-state index contributed by atoms with van der Waals surface area (Å²) in [5.74, 6) is 0. The quantitative estimate of drug-likeness (QED) is 0.482. The predicted octanol–water partition coefficient (Wildman–Crippen LogP) is 1.10. The summed E-state index contributed by atoms with van der Waals surface area (Å²) in [7, 11) is 0. The minimum atomic E-state index is 0.752. The van der Waals surface area contributed by atoms with E-state index in [9.17, 15) is 0 Å². The fraction of sp³-hybridized carbons (Fsp3) is 0.250. The zero-order valence-electron chi connectivity index (χ0n) is 3.16. The highest BCUT2D eigenvalue weighted by atomic mass is 35.5. The fourth-order valence-corrected chi connectivity index (χ4v) is 0.437. The van der Waals surface area contributed by atoms with E-state index >= 15 is 0 Å². The maximum absolute atomic E-state index is 5.45. The second-order valence-corrected chi connectivity index (χ2v) is 1.57. The van der Waals surface area contributed by atoms with Crippen molar-refractivity contribution in [2.75, 3.05) is 0 Å². The van der Waals surface area contributed by atoms with Gasteiger partial charge in [-0.15, -0.1) is 0 Å². The molecule has 32 valence electrons. The maximum atomic E-state index is 5.45. The standard InChI is InChI=1S/C4H4ClN/c5-4-1-2-6-3-4/h3,6H,1H2. The van der Waals surface area contributed by atoms with Gasteiger partial charge in [-0.2, -0.15) is 0 Å². The Bertz CT molecular complexity index is 77.6. The van der Waals surface area contributed by atoms with Gasteiger partial charge in [0.05, 0.1) is 6.54 Å². The molecule has 0 atom stereocenters. The average molecular weight is 102 g/mol. The van der Waals surface area contributed by atoms with Gasteiger partial charge < -0.3 is 5.32 Å².